The molecule has 17 heavy (non-hydrogen) atoms. The molecule has 0 bridgehead atoms. The van der Waals surface area contributed by atoms with Crippen molar-refractivity contribution in [2.45, 2.75) is 6.92 Å². The number of amides is 1. The number of nitrogens with zero attached hydrogens (tertiary/aromatic N) is 2. The minimum absolute atomic E-state index is 0.198. The van der Waals surface area contributed by atoms with E-state index >= 15 is 0 Å². The molecule has 0 saturated carbocycles. The van der Waals surface area contributed by atoms with Crippen LogP contribution in [0.2, 0.25) is 0 Å². The van der Waals surface area contributed by atoms with Gasteiger partial charge in [-0.1, -0.05) is 0 Å². The average Bonchev–Trinajstić information content (AvgIpc) is 2.76. The molecule has 1 amide bonds. The second-order valence-electron chi connectivity index (χ2n) is 3.28. The van der Waals surface area contributed by atoms with Crippen LogP contribution in [0.15, 0.2) is 23.8 Å². The Morgan fingerprint density at radius 3 is 2.94 bits per heavy atom. The second kappa shape index (κ2) is 4.92. The van der Waals surface area contributed by atoms with E-state index in [9.17, 15) is 4.79 Å². The molecule has 0 aliphatic heterocycles. The van der Waals surface area contributed by atoms with Gasteiger partial charge in [0.25, 0.3) is 5.91 Å². The number of aromatic nitrogens is 2. The van der Waals surface area contributed by atoms with Crippen molar-refractivity contribution in [3.63, 3.8) is 0 Å². The molecule has 0 aromatic carbocycles. The molecule has 1 N–H and O–H groups in total. The van der Waals surface area contributed by atoms with Gasteiger partial charge in [-0.05, 0) is 19.1 Å². The first-order chi connectivity index (χ1) is 8.22. The summed E-state index contributed by atoms with van der Waals surface area (Å²) >= 11 is 1.31. The number of pyridine rings is 1. The largest absolute Gasteiger partial charge is 0.480 e. The fourth-order valence-electron chi connectivity index (χ4n) is 1.35. The summed E-state index contributed by atoms with van der Waals surface area (Å²) in [5.41, 5.74) is 2.91. The Bertz CT molecular complexity index is 539. The molecule has 0 fully saturated rings. The lowest BCUT2D eigenvalue weighted by Crippen LogP contribution is -2.12. The van der Waals surface area contributed by atoms with Crippen molar-refractivity contribution in [2.24, 2.45) is 0 Å². The Morgan fingerprint density at radius 2 is 2.29 bits per heavy atom. The van der Waals surface area contributed by atoms with Gasteiger partial charge in [0.15, 0.2) is 0 Å². The summed E-state index contributed by atoms with van der Waals surface area (Å²) in [6, 6.07) is 3.47. The van der Waals surface area contributed by atoms with Crippen molar-refractivity contribution >= 4 is 22.9 Å². The third kappa shape index (κ3) is 2.42. The van der Waals surface area contributed by atoms with Gasteiger partial charge in [0.1, 0.15) is 10.6 Å². The number of thiazole rings is 1. The van der Waals surface area contributed by atoms with Crippen molar-refractivity contribution in [3.05, 3.63) is 34.4 Å². The van der Waals surface area contributed by atoms with Gasteiger partial charge in [-0.25, -0.2) is 9.97 Å². The van der Waals surface area contributed by atoms with Gasteiger partial charge in [0.05, 0.1) is 18.3 Å². The fourth-order valence-corrected chi connectivity index (χ4v) is 2.05. The molecule has 2 rings (SSSR count). The predicted molar refractivity (Wildman–Crippen MR) is 65.6 cm³/mol. The second-order valence-corrected chi connectivity index (χ2v) is 4.14. The molecule has 2 heterocycles. The molecule has 0 atom stereocenters. The minimum Gasteiger partial charge on any atom is -0.480 e. The molecule has 2 aromatic heterocycles. The summed E-state index contributed by atoms with van der Waals surface area (Å²) in [5.74, 6) is 0.194. The molecule has 88 valence electrons. The highest BCUT2D eigenvalue weighted by molar-refractivity contribution is 7.12. The summed E-state index contributed by atoms with van der Waals surface area (Å²) in [7, 11) is 1.51. The maximum atomic E-state index is 11.9. The maximum Gasteiger partial charge on any atom is 0.267 e. The highest BCUT2D eigenvalue weighted by atomic mass is 32.1. The summed E-state index contributed by atoms with van der Waals surface area (Å²) < 4.78 is 5.06. The van der Waals surface area contributed by atoms with Crippen molar-refractivity contribution < 1.29 is 9.53 Å². The molecule has 0 aliphatic rings. The normalized spacial score (nSPS) is 10.0. The third-order valence-corrected chi connectivity index (χ3v) is 3.09. The average molecular weight is 249 g/mol. The van der Waals surface area contributed by atoms with Gasteiger partial charge in [-0.2, -0.15) is 0 Å². The van der Waals surface area contributed by atoms with Crippen LogP contribution in [0.3, 0.4) is 0 Å². The maximum absolute atomic E-state index is 11.9. The molecular weight excluding hydrogens is 238 g/mol. The number of aryl methyl sites for hydroxylation is 1. The van der Waals surface area contributed by atoms with E-state index < -0.39 is 0 Å². The Labute approximate surface area is 102 Å². The minimum atomic E-state index is -0.198. The zero-order chi connectivity index (χ0) is 12.3. The molecule has 0 spiro atoms. The fraction of sp³-hybridized carbons (Fsp3) is 0.182. The van der Waals surface area contributed by atoms with Gasteiger partial charge in [0.2, 0.25) is 5.88 Å². The molecule has 0 radical (unpaired) electrons. The van der Waals surface area contributed by atoms with Gasteiger partial charge in [-0.15, -0.1) is 11.3 Å². The van der Waals surface area contributed by atoms with E-state index in [2.05, 4.69) is 15.3 Å². The lowest BCUT2D eigenvalue weighted by Gasteiger charge is -2.07. The van der Waals surface area contributed by atoms with E-state index in [0.29, 0.717) is 16.4 Å². The van der Waals surface area contributed by atoms with Gasteiger partial charge in [0, 0.05) is 6.20 Å². The Kier molecular flexibility index (Phi) is 3.34. The quantitative estimate of drug-likeness (QED) is 0.904. The van der Waals surface area contributed by atoms with Crippen LogP contribution >= 0.6 is 11.3 Å². The van der Waals surface area contributed by atoms with Crippen LogP contribution in [0, 0.1) is 6.92 Å². The first-order valence-corrected chi connectivity index (χ1v) is 5.80. The van der Waals surface area contributed by atoms with Crippen LogP contribution < -0.4 is 10.1 Å². The molecule has 2 aromatic rings. The topological polar surface area (TPSA) is 64.1 Å². The monoisotopic (exact) mass is 249 g/mol. The van der Waals surface area contributed by atoms with E-state index in [1.807, 2.05) is 0 Å². The highest BCUT2D eigenvalue weighted by Crippen LogP contribution is 2.22. The number of nitrogens with one attached hydrogen (secondary N) is 1. The zero-order valence-electron chi connectivity index (χ0n) is 9.43. The van der Waals surface area contributed by atoms with E-state index in [1.54, 1.807) is 30.8 Å². The van der Waals surface area contributed by atoms with Gasteiger partial charge >= 0.3 is 0 Å². The highest BCUT2D eigenvalue weighted by Gasteiger charge is 2.14. The lowest BCUT2D eigenvalue weighted by molar-refractivity contribution is 0.102. The van der Waals surface area contributed by atoms with Crippen LogP contribution in [0.1, 0.15) is 15.4 Å². The number of anilines is 1. The van der Waals surface area contributed by atoms with Crippen molar-refractivity contribution in [1.82, 2.24) is 9.97 Å². The number of hydrogen-bond donors (Lipinski definition) is 1. The molecule has 5 nitrogen and oxygen atoms in total. The molecule has 0 saturated heterocycles. The van der Waals surface area contributed by atoms with Gasteiger partial charge in [-0.3, -0.25) is 4.79 Å². The van der Waals surface area contributed by atoms with Crippen LogP contribution in [-0.2, 0) is 0 Å². The SMILES string of the molecule is COc1ncccc1NC(=O)c1scnc1C. The van der Waals surface area contributed by atoms with Crippen molar-refractivity contribution in [3.8, 4) is 5.88 Å². The van der Waals surface area contributed by atoms with E-state index in [4.69, 9.17) is 4.74 Å². The molecule has 0 aliphatic carbocycles. The van der Waals surface area contributed by atoms with Crippen LogP contribution in [0.5, 0.6) is 5.88 Å². The van der Waals surface area contributed by atoms with E-state index in [-0.39, 0.29) is 5.91 Å². The first kappa shape index (κ1) is 11.5. The summed E-state index contributed by atoms with van der Waals surface area (Å²) in [6.45, 7) is 1.80. The zero-order valence-corrected chi connectivity index (χ0v) is 10.2. The lowest BCUT2D eigenvalue weighted by atomic mass is 10.3. The first-order valence-electron chi connectivity index (χ1n) is 4.93. The number of ether oxygens (including phenoxy) is 1. The number of methoxy groups -OCH3 is 1. The molecule has 6 heteroatoms. The Morgan fingerprint density at radius 1 is 1.47 bits per heavy atom. The summed E-state index contributed by atoms with van der Waals surface area (Å²) in [6.07, 6.45) is 1.60. The third-order valence-electron chi connectivity index (χ3n) is 2.16. The van der Waals surface area contributed by atoms with Crippen molar-refractivity contribution in [2.75, 3.05) is 12.4 Å². The smallest absolute Gasteiger partial charge is 0.267 e. The van der Waals surface area contributed by atoms with Crippen LogP contribution in [-0.4, -0.2) is 23.0 Å². The number of carbonyl (C=O) groups is 1. The molecular formula is C11H11N3O2S. The predicted octanol–water partition coefficient (Wildman–Crippen LogP) is 2.11. The Hall–Kier alpha value is -1.95. The van der Waals surface area contributed by atoms with Crippen LogP contribution in [0.4, 0.5) is 5.69 Å². The van der Waals surface area contributed by atoms with E-state index in [1.165, 1.54) is 18.4 Å². The standard InChI is InChI=1S/C11H11N3O2S/c1-7-9(17-6-13-7)10(15)14-8-4-3-5-12-11(8)16-2/h3-6H,1-2H3,(H,14,15). The number of rotatable bonds is 3. The van der Waals surface area contributed by atoms with Crippen LogP contribution in [0.25, 0.3) is 0 Å². The van der Waals surface area contributed by atoms with E-state index in [0.717, 1.165) is 5.69 Å². The van der Waals surface area contributed by atoms with Crippen molar-refractivity contribution in [1.29, 1.82) is 0 Å². The Balaban J connectivity index is 2.22. The number of carbonyl (C=O) groups excluding carboxylic acids is 1. The molecule has 0 unspecified atom stereocenters. The summed E-state index contributed by atoms with van der Waals surface area (Å²) in [5, 5.41) is 2.75. The number of hydrogen-bond acceptors (Lipinski definition) is 5. The summed E-state index contributed by atoms with van der Waals surface area (Å²) in [4.78, 5) is 20.6. The van der Waals surface area contributed by atoms with Gasteiger partial charge < -0.3 is 10.1 Å².